The van der Waals surface area contributed by atoms with Crippen molar-refractivity contribution in [2.45, 2.75) is 70.2 Å². The van der Waals surface area contributed by atoms with Crippen molar-refractivity contribution >= 4 is 17.6 Å². The molecule has 1 aromatic carbocycles. The number of benzene rings is 1. The molecule has 1 heterocycles. The van der Waals surface area contributed by atoms with E-state index in [0.29, 0.717) is 13.0 Å². The molecule has 3 unspecified atom stereocenters. The van der Waals surface area contributed by atoms with E-state index in [1.165, 1.54) is 0 Å². The van der Waals surface area contributed by atoms with Gasteiger partial charge in [-0.25, -0.2) is 9.79 Å². The van der Waals surface area contributed by atoms with E-state index in [0.717, 1.165) is 41.9 Å². The molecule has 0 saturated carbocycles. The van der Waals surface area contributed by atoms with E-state index in [2.05, 4.69) is 10.6 Å². The van der Waals surface area contributed by atoms with Gasteiger partial charge in [-0.05, 0) is 56.9 Å². The Hall–Kier alpha value is -2.12. The van der Waals surface area contributed by atoms with Crippen molar-refractivity contribution in [2.24, 2.45) is 4.99 Å². The van der Waals surface area contributed by atoms with Gasteiger partial charge >= 0.3 is 6.09 Å². The van der Waals surface area contributed by atoms with Crippen LogP contribution in [-0.4, -0.2) is 48.5 Å². The fourth-order valence-electron chi connectivity index (χ4n) is 3.75. The van der Waals surface area contributed by atoms with Gasteiger partial charge in [0.25, 0.3) is 0 Å². The van der Waals surface area contributed by atoms with Crippen LogP contribution in [-0.2, 0) is 15.9 Å². The van der Waals surface area contributed by atoms with Crippen molar-refractivity contribution < 1.29 is 19.4 Å². The van der Waals surface area contributed by atoms with Crippen LogP contribution in [0.2, 0.25) is 0 Å². The lowest BCUT2D eigenvalue weighted by atomic mass is 10.0. The Balaban J connectivity index is 1.75. The first kappa shape index (κ1) is 20.6. The number of amidine groups is 1. The van der Waals surface area contributed by atoms with Gasteiger partial charge in [0.15, 0.2) is 0 Å². The summed E-state index contributed by atoms with van der Waals surface area (Å²) in [5.74, 6) is 0.948. The Kier molecular flexibility index (Phi) is 6.25. The highest BCUT2D eigenvalue weighted by atomic mass is 16.6. The maximum Gasteiger partial charge on any atom is 0.408 e. The highest BCUT2D eigenvalue weighted by molar-refractivity contribution is 5.85. The van der Waals surface area contributed by atoms with Gasteiger partial charge in [-0.2, -0.15) is 0 Å². The molecule has 0 aromatic heterocycles. The van der Waals surface area contributed by atoms with Gasteiger partial charge in [-0.1, -0.05) is 6.07 Å². The van der Waals surface area contributed by atoms with Crippen LogP contribution in [0.5, 0.6) is 0 Å². The van der Waals surface area contributed by atoms with E-state index in [1.807, 2.05) is 39.0 Å². The van der Waals surface area contributed by atoms with Gasteiger partial charge in [-0.15, -0.1) is 0 Å². The topological polar surface area (TPSA) is 92.2 Å². The molecule has 1 saturated heterocycles. The Morgan fingerprint density at radius 3 is 2.89 bits per heavy atom. The zero-order chi connectivity index (χ0) is 20.3. The number of ether oxygens (including phenoxy) is 2. The van der Waals surface area contributed by atoms with Gasteiger partial charge in [0, 0.05) is 20.0 Å². The smallest absolute Gasteiger partial charge is 0.408 e. The van der Waals surface area contributed by atoms with Crippen LogP contribution in [0.15, 0.2) is 23.2 Å². The molecule has 1 aliphatic heterocycles. The van der Waals surface area contributed by atoms with Crippen molar-refractivity contribution in [3.05, 3.63) is 29.3 Å². The minimum Gasteiger partial charge on any atom is -0.444 e. The standard InChI is InChI=1S/C21H31N3O4/c1-21(2,3)28-20(26)24-19-16-11-14(9-8-13(16)10-17(19)25)22-18-7-5-6-15(23-18)12-27-4/h8-9,11,15,17,19,25H,5-7,10,12H2,1-4H3,(H,22,23)(H,24,26). The number of nitrogens with one attached hydrogen (secondary N) is 2. The average Bonchev–Trinajstić information content (AvgIpc) is 2.89. The normalized spacial score (nSPS) is 25.9. The van der Waals surface area contributed by atoms with Gasteiger partial charge in [0.2, 0.25) is 0 Å². The van der Waals surface area contributed by atoms with Crippen molar-refractivity contribution in [3.63, 3.8) is 0 Å². The lowest BCUT2D eigenvalue weighted by molar-refractivity contribution is 0.0438. The quantitative estimate of drug-likeness (QED) is 0.736. The number of hydrogen-bond acceptors (Lipinski definition) is 5. The van der Waals surface area contributed by atoms with Gasteiger partial charge in [0.1, 0.15) is 11.4 Å². The number of hydrogen-bond donors (Lipinski definition) is 3. The lowest BCUT2D eigenvalue weighted by Gasteiger charge is -2.25. The predicted octanol–water partition coefficient (Wildman–Crippen LogP) is 2.99. The van der Waals surface area contributed by atoms with Crippen molar-refractivity contribution in [3.8, 4) is 0 Å². The van der Waals surface area contributed by atoms with Crippen LogP contribution in [0.4, 0.5) is 10.5 Å². The summed E-state index contributed by atoms with van der Waals surface area (Å²) < 4.78 is 10.6. The van der Waals surface area contributed by atoms with E-state index in [9.17, 15) is 9.90 Å². The highest BCUT2D eigenvalue weighted by Crippen LogP contribution is 2.34. The Bertz CT molecular complexity index is 740. The molecule has 3 atom stereocenters. The first-order valence-electron chi connectivity index (χ1n) is 9.88. The summed E-state index contributed by atoms with van der Waals surface area (Å²) in [5.41, 5.74) is 2.13. The molecule has 2 aliphatic rings. The fraction of sp³-hybridized carbons (Fsp3) is 0.619. The summed E-state index contributed by atoms with van der Waals surface area (Å²) in [6, 6.07) is 5.67. The second-order valence-corrected chi connectivity index (χ2v) is 8.53. The summed E-state index contributed by atoms with van der Waals surface area (Å²) in [7, 11) is 1.71. The van der Waals surface area contributed by atoms with Gasteiger partial charge in [0.05, 0.1) is 30.5 Å². The minimum absolute atomic E-state index is 0.287. The SMILES string of the molecule is COCC1CCC/C(=N\c2ccc3c(c2)C(NC(=O)OC(C)(C)C)C(O)C3)N1. The fourth-order valence-corrected chi connectivity index (χ4v) is 3.75. The number of aliphatic hydroxyl groups excluding tert-OH is 1. The van der Waals surface area contributed by atoms with Crippen LogP contribution in [0.3, 0.4) is 0 Å². The molecule has 1 aromatic rings. The molecule has 154 valence electrons. The molecule has 7 heteroatoms. The lowest BCUT2D eigenvalue weighted by Crippen LogP contribution is -2.41. The van der Waals surface area contributed by atoms with Gasteiger partial charge < -0.3 is 25.2 Å². The summed E-state index contributed by atoms with van der Waals surface area (Å²) in [6.45, 7) is 6.10. The number of amides is 1. The van der Waals surface area contributed by atoms with Crippen LogP contribution >= 0.6 is 0 Å². The Morgan fingerprint density at radius 1 is 1.39 bits per heavy atom. The Morgan fingerprint density at radius 2 is 2.18 bits per heavy atom. The highest BCUT2D eigenvalue weighted by Gasteiger charge is 2.33. The van der Waals surface area contributed by atoms with E-state index in [-0.39, 0.29) is 6.04 Å². The second-order valence-electron chi connectivity index (χ2n) is 8.53. The van der Waals surface area contributed by atoms with Crippen molar-refractivity contribution in [2.75, 3.05) is 13.7 Å². The molecular weight excluding hydrogens is 358 g/mol. The zero-order valence-electron chi connectivity index (χ0n) is 17.1. The van der Waals surface area contributed by atoms with Crippen LogP contribution in [0.25, 0.3) is 0 Å². The molecule has 1 aliphatic carbocycles. The second kappa shape index (κ2) is 8.49. The molecule has 1 amide bonds. The Labute approximate surface area is 166 Å². The van der Waals surface area contributed by atoms with Crippen molar-refractivity contribution in [1.29, 1.82) is 0 Å². The number of alkyl carbamates (subject to hydrolysis) is 1. The molecule has 3 rings (SSSR count). The summed E-state index contributed by atoms with van der Waals surface area (Å²) >= 11 is 0. The molecule has 3 N–H and O–H groups in total. The first-order valence-corrected chi connectivity index (χ1v) is 9.88. The van der Waals surface area contributed by atoms with E-state index in [1.54, 1.807) is 7.11 Å². The first-order chi connectivity index (χ1) is 13.2. The third-order valence-electron chi connectivity index (χ3n) is 4.92. The summed E-state index contributed by atoms with van der Waals surface area (Å²) in [4.78, 5) is 16.9. The monoisotopic (exact) mass is 389 g/mol. The zero-order valence-corrected chi connectivity index (χ0v) is 17.1. The number of rotatable bonds is 4. The largest absolute Gasteiger partial charge is 0.444 e. The maximum atomic E-state index is 12.2. The number of carbonyl (C=O) groups excluding carboxylic acids is 1. The summed E-state index contributed by atoms with van der Waals surface area (Å²) in [6.07, 6.45) is 2.35. The van der Waals surface area contributed by atoms with E-state index < -0.39 is 23.8 Å². The van der Waals surface area contributed by atoms with Crippen LogP contribution in [0.1, 0.15) is 57.2 Å². The number of carbonyl (C=O) groups is 1. The number of aliphatic imine (C=N–C) groups is 1. The predicted molar refractivity (Wildman–Crippen MR) is 108 cm³/mol. The number of piperidine rings is 1. The number of aliphatic hydroxyl groups is 1. The maximum absolute atomic E-state index is 12.2. The van der Waals surface area contributed by atoms with Crippen molar-refractivity contribution in [1.82, 2.24) is 10.6 Å². The number of methoxy groups -OCH3 is 1. The number of nitrogens with zero attached hydrogens (tertiary/aromatic N) is 1. The van der Waals surface area contributed by atoms with E-state index >= 15 is 0 Å². The van der Waals surface area contributed by atoms with Crippen LogP contribution < -0.4 is 10.6 Å². The summed E-state index contributed by atoms with van der Waals surface area (Å²) in [5, 5.41) is 16.7. The minimum atomic E-state index is -0.677. The molecule has 0 radical (unpaired) electrons. The molecule has 28 heavy (non-hydrogen) atoms. The molecule has 1 fully saturated rings. The third-order valence-corrected chi connectivity index (χ3v) is 4.92. The molecule has 0 bridgehead atoms. The third kappa shape index (κ3) is 5.23. The van der Waals surface area contributed by atoms with Crippen LogP contribution in [0, 0.1) is 0 Å². The molecule has 0 spiro atoms. The molecule has 7 nitrogen and oxygen atoms in total. The van der Waals surface area contributed by atoms with E-state index in [4.69, 9.17) is 14.5 Å². The number of fused-ring (bicyclic) bond motifs is 1. The van der Waals surface area contributed by atoms with Gasteiger partial charge in [-0.3, -0.25) is 0 Å². The average molecular weight is 389 g/mol. The molecular formula is C21H31N3O4.